The molecule has 0 bridgehead atoms. The van der Waals surface area contributed by atoms with Crippen LogP contribution in [0.25, 0.3) is 0 Å². The monoisotopic (exact) mass is 277 g/mol. The maximum Gasteiger partial charge on any atom is 0.160 e. The molecule has 0 aliphatic rings. The zero-order valence-corrected chi connectivity index (χ0v) is 12.6. The Morgan fingerprint density at radius 2 is 1.89 bits per heavy atom. The third-order valence-corrected chi connectivity index (χ3v) is 4.24. The lowest BCUT2D eigenvalue weighted by atomic mass is 10.1. The summed E-state index contributed by atoms with van der Waals surface area (Å²) in [7, 11) is 3.30. The Hall–Kier alpha value is -1.55. The van der Waals surface area contributed by atoms with Crippen LogP contribution in [0, 0.1) is 0 Å². The minimum Gasteiger partial charge on any atom is -0.493 e. The number of hydrogen-bond acceptors (Lipinski definition) is 4. The average Bonchev–Trinajstić information content (AvgIpc) is 2.87. The normalized spacial score (nSPS) is 10.8. The van der Waals surface area contributed by atoms with Gasteiger partial charge >= 0.3 is 0 Å². The van der Waals surface area contributed by atoms with Crippen molar-refractivity contribution in [3.8, 4) is 11.5 Å². The van der Waals surface area contributed by atoms with Gasteiger partial charge < -0.3 is 9.47 Å². The van der Waals surface area contributed by atoms with E-state index in [9.17, 15) is 0 Å². The summed E-state index contributed by atoms with van der Waals surface area (Å²) in [6, 6.07) is 6.00. The molecule has 4 heteroatoms. The quantitative estimate of drug-likeness (QED) is 0.831. The first-order valence-corrected chi connectivity index (χ1v) is 7.11. The van der Waals surface area contributed by atoms with Crippen molar-refractivity contribution in [2.24, 2.45) is 0 Å². The fourth-order valence-corrected chi connectivity index (χ4v) is 2.80. The molecule has 2 aromatic rings. The molecule has 0 aliphatic heterocycles. The third-order valence-electron chi connectivity index (χ3n) is 2.94. The highest BCUT2D eigenvalue weighted by molar-refractivity contribution is 7.11. The molecule has 0 N–H and O–H groups in total. The minimum atomic E-state index is 0.539. The van der Waals surface area contributed by atoms with E-state index in [1.807, 2.05) is 18.3 Å². The maximum atomic E-state index is 5.32. The lowest BCUT2D eigenvalue weighted by Crippen LogP contribution is -1.93. The second-order valence-electron chi connectivity index (χ2n) is 4.68. The van der Waals surface area contributed by atoms with Crippen LogP contribution < -0.4 is 9.47 Å². The fourth-order valence-electron chi connectivity index (χ4n) is 1.84. The van der Waals surface area contributed by atoms with E-state index in [2.05, 4.69) is 24.9 Å². The molecule has 0 saturated carbocycles. The zero-order valence-electron chi connectivity index (χ0n) is 11.8. The predicted molar refractivity (Wildman–Crippen MR) is 78.6 cm³/mol. The van der Waals surface area contributed by atoms with Gasteiger partial charge in [-0.25, -0.2) is 4.98 Å². The summed E-state index contributed by atoms with van der Waals surface area (Å²) in [6.45, 7) is 4.38. The van der Waals surface area contributed by atoms with Crippen LogP contribution in [0.3, 0.4) is 0 Å². The molecule has 102 valence electrons. The van der Waals surface area contributed by atoms with Crippen molar-refractivity contribution in [3.63, 3.8) is 0 Å². The number of ether oxygens (including phenoxy) is 2. The maximum absolute atomic E-state index is 5.32. The highest BCUT2D eigenvalue weighted by Gasteiger charge is 2.09. The molecule has 0 aliphatic carbocycles. The van der Waals surface area contributed by atoms with Crippen molar-refractivity contribution in [3.05, 3.63) is 39.8 Å². The van der Waals surface area contributed by atoms with Gasteiger partial charge in [0.15, 0.2) is 11.5 Å². The number of thiazole rings is 1. The van der Waals surface area contributed by atoms with E-state index in [0.717, 1.165) is 22.9 Å². The molecule has 0 amide bonds. The highest BCUT2D eigenvalue weighted by Crippen LogP contribution is 2.29. The molecular formula is C15H19NO2S. The van der Waals surface area contributed by atoms with Crippen molar-refractivity contribution in [2.45, 2.75) is 26.2 Å². The Morgan fingerprint density at radius 1 is 1.16 bits per heavy atom. The first-order valence-electron chi connectivity index (χ1n) is 6.29. The van der Waals surface area contributed by atoms with Crippen LogP contribution >= 0.6 is 11.3 Å². The lowest BCUT2D eigenvalue weighted by molar-refractivity contribution is 0.354. The van der Waals surface area contributed by atoms with Crippen LogP contribution in [0.2, 0.25) is 0 Å². The number of rotatable bonds is 5. The largest absolute Gasteiger partial charge is 0.493 e. The van der Waals surface area contributed by atoms with Gasteiger partial charge in [0.25, 0.3) is 0 Å². The minimum absolute atomic E-state index is 0.539. The fraction of sp³-hybridized carbons (Fsp3) is 0.400. The van der Waals surface area contributed by atoms with Crippen molar-refractivity contribution in [1.82, 2.24) is 4.98 Å². The van der Waals surface area contributed by atoms with Gasteiger partial charge in [0.05, 0.1) is 19.2 Å². The Morgan fingerprint density at radius 3 is 2.47 bits per heavy atom. The molecule has 0 spiro atoms. The van der Waals surface area contributed by atoms with E-state index in [1.165, 1.54) is 10.4 Å². The van der Waals surface area contributed by atoms with E-state index in [1.54, 1.807) is 25.6 Å². The zero-order chi connectivity index (χ0) is 13.8. The summed E-state index contributed by atoms with van der Waals surface area (Å²) in [5.74, 6) is 2.06. The summed E-state index contributed by atoms with van der Waals surface area (Å²) >= 11 is 1.78. The molecule has 2 rings (SSSR count). The van der Waals surface area contributed by atoms with E-state index < -0.39 is 0 Å². The van der Waals surface area contributed by atoms with Crippen molar-refractivity contribution < 1.29 is 9.47 Å². The number of hydrogen-bond donors (Lipinski definition) is 0. The first kappa shape index (κ1) is 13.9. The number of aromatic nitrogens is 1. The lowest BCUT2D eigenvalue weighted by Gasteiger charge is -2.08. The van der Waals surface area contributed by atoms with Gasteiger partial charge in [0.2, 0.25) is 0 Å². The Balaban J connectivity index is 2.18. The Bertz CT molecular complexity index is 549. The summed E-state index contributed by atoms with van der Waals surface area (Å²) in [5.41, 5.74) is 1.18. The summed E-state index contributed by atoms with van der Waals surface area (Å²) < 4.78 is 10.6. The topological polar surface area (TPSA) is 31.4 Å². The van der Waals surface area contributed by atoms with Crippen molar-refractivity contribution in [2.75, 3.05) is 14.2 Å². The van der Waals surface area contributed by atoms with Gasteiger partial charge in [-0.15, -0.1) is 11.3 Å². The summed E-state index contributed by atoms with van der Waals surface area (Å²) in [4.78, 5) is 5.81. The molecule has 1 aromatic heterocycles. The summed E-state index contributed by atoms with van der Waals surface area (Å²) in [6.07, 6.45) is 2.81. The molecule has 19 heavy (non-hydrogen) atoms. The molecule has 1 aromatic carbocycles. The molecule has 0 unspecified atom stereocenters. The molecule has 0 atom stereocenters. The van der Waals surface area contributed by atoms with Crippen LogP contribution in [0.1, 0.15) is 35.2 Å². The van der Waals surface area contributed by atoms with Crippen LogP contribution in [-0.4, -0.2) is 19.2 Å². The molecule has 0 radical (unpaired) electrons. The van der Waals surface area contributed by atoms with Crippen molar-refractivity contribution in [1.29, 1.82) is 0 Å². The van der Waals surface area contributed by atoms with E-state index in [0.29, 0.717) is 5.92 Å². The predicted octanol–water partition coefficient (Wildman–Crippen LogP) is 3.87. The van der Waals surface area contributed by atoms with Gasteiger partial charge in [-0.05, 0) is 23.6 Å². The average molecular weight is 277 g/mol. The Labute approximate surface area is 118 Å². The van der Waals surface area contributed by atoms with Crippen LogP contribution in [-0.2, 0) is 6.42 Å². The second kappa shape index (κ2) is 6.06. The number of methoxy groups -OCH3 is 2. The van der Waals surface area contributed by atoms with Gasteiger partial charge in [-0.3, -0.25) is 0 Å². The SMILES string of the molecule is COc1ccc(Cc2ncc(C(C)C)s2)cc1OC. The van der Waals surface area contributed by atoms with Crippen LogP contribution in [0.15, 0.2) is 24.4 Å². The van der Waals surface area contributed by atoms with Gasteiger partial charge in [-0.2, -0.15) is 0 Å². The smallest absolute Gasteiger partial charge is 0.160 e. The Kier molecular flexibility index (Phi) is 4.43. The molecule has 1 heterocycles. The van der Waals surface area contributed by atoms with E-state index in [-0.39, 0.29) is 0 Å². The van der Waals surface area contributed by atoms with Crippen LogP contribution in [0.5, 0.6) is 11.5 Å². The highest BCUT2D eigenvalue weighted by atomic mass is 32.1. The molecule has 3 nitrogen and oxygen atoms in total. The van der Waals surface area contributed by atoms with E-state index in [4.69, 9.17) is 9.47 Å². The standard InChI is InChI=1S/C15H19NO2S/c1-10(2)14-9-16-15(19-14)8-11-5-6-12(17-3)13(7-11)18-4/h5-7,9-10H,8H2,1-4H3. The third kappa shape index (κ3) is 3.26. The van der Waals surface area contributed by atoms with E-state index >= 15 is 0 Å². The summed E-state index contributed by atoms with van der Waals surface area (Å²) in [5, 5.41) is 1.14. The van der Waals surface area contributed by atoms with Crippen LogP contribution in [0.4, 0.5) is 0 Å². The van der Waals surface area contributed by atoms with Gasteiger partial charge in [0.1, 0.15) is 0 Å². The molecule has 0 saturated heterocycles. The first-order chi connectivity index (χ1) is 9.13. The number of nitrogens with zero attached hydrogens (tertiary/aromatic N) is 1. The number of benzene rings is 1. The molecule has 0 fully saturated rings. The van der Waals surface area contributed by atoms with Crippen molar-refractivity contribution >= 4 is 11.3 Å². The van der Waals surface area contributed by atoms with Gasteiger partial charge in [0, 0.05) is 17.5 Å². The second-order valence-corrected chi connectivity index (χ2v) is 5.82. The molecular weight excluding hydrogens is 258 g/mol. The van der Waals surface area contributed by atoms with Gasteiger partial charge in [-0.1, -0.05) is 19.9 Å².